The Morgan fingerprint density at radius 3 is 2.43 bits per heavy atom. The van der Waals surface area contributed by atoms with Crippen molar-refractivity contribution in [2.45, 2.75) is 57.8 Å². The molecule has 4 rings (SSSR count). The largest absolute Gasteiger partial charge is 0.478 e. The van der Waals surface area contributed by atoms with Crippen LogP contribution in [0, 0.1) is 23.6 Å². The summed E-state index contributed by atoms with van der Waals surface area (Å²) in [5.41, 5.74) is 1.63. The van der Waals surface area contributed by atoms with Crippen LogP contribution < -0.4 is 0 Å². The van der Waals surface area contributed by atoms with Gasteiger partial charge < -0.3 is 5.11 Å². The SMILES string of the molecule is CCC1CCC2CC(c3ccc(C(=O)O)c(-c4ccccc4)c3F)CCC2C1. The van der Waals surface area contributed by atoms with Gasteiger partial charge in [-0.3, -0.25) is 0 Å². The van der Waals surface area contributed by atoms with E-state index in [0.717, 1.165) is 24.7 Å². The van der Waals surface area contributed by atoms with Gasteiger partial charge in [0.1, 0.15) is 5.82 Å². The van der Waals surface area contributed by atoms with Crippen molar-refractivity contribution in [2.75, 3.05) is 0 Å². The summed E-state index contributed by atoms with van der Waals surface area (Å²) in [7, 11) is 0. The molecule has 2 saturated carbocycles. The molecule has 2 aromatic carbocycles. The molecule has 2 fully saturated rings. The monoisotopic (exact) mass is 380 g/mol. The molecule has 4 atom stereocenters. The summed E-state index contributed by atoms with van der Waals surface area (Å²) in [5.74, 6) is 1.15. The smallest absolute Gasteiger partial charge is 0.336 e. The predicted octanol–water partition coefficient (Wildman–Crippen LogP) is 6.90. The molecule has 2 aliphatic rings. The summed E-state index contributed by atoms with van der Waals surface area (Å²) in [6.07, 6.45) is 8.41. The Morgan fingerprint density at radius 2 is 1.71 bits per heavy atom. The van der Waals surface area contributed by atoms with Crippen molar-refractivity contribution in [1.82, 2.24) is 0 Å². The summed E-state index contributed by atoms with van der Waals surface area (Å²) in [6, 6.07) is 12.4. The number of fused-ring (bicyclic) bond motifs is 1. The highest BCUT2D eigenvalue weighted by Gasteiger charge is 2.36. The van der Waals surface area contributed by atoms with Gasteiger partial charge in [0.2, 0.25) is 0 Å². The van der Waals surface area contributed by atoms with E-state index in [-0.39, 0.29) is 22.9 Å². The molecule has 0 aromatic heterocycles. The first-order valence-electron chi connectivity index (χ1n) is 10.7. The van der Waals surface area contributed by atoms with Crippen molar-refractivity contribution in [2.24, 2.45) is 17.8 Å². The highest BCUT2D eigenvalue weighted by atomic mass is 19.1. The van der Waals surface area contributed by atoms with Gasteiger partial charge in [-0.1, -0.05) is 56.2 Å². The second-order valence-corrected chi connectivity index (χ2v) is 8.68. The maximum atomic E-state index is 15.6. The van der Waals surface area contributed by atoms with E-state index in [0.29, 0.717) is 17.0 Å². The lowest BCUT2D eigenvalue weighted by Crippen LogP contribution is -2.30. The molecule has 2 aromatic rings. The van der Waals surface area contributed by atoms with Crippen molar-refractivity contribution in [3.8, 4) is 11.1 Å². The molecular weight excluding hydrogens is 351 g/mol. The lowest BCUT2D eigenvalue weighted by molar-refractivity contribution is 0.0697. The third kappa shape index (κ3) is 3.59. The highest BCUT2D eigenvalue weighted by molar-refractivity contribution is 5.96. The van der Waals surface area contributed by atoms with Crippen LogP contribution in [0.5, 0.6) is 0 Å². The number of carboxylic acids is 1. The lowest BCUT2D eigenvalue weighted by atomic mass is 9.63. The van der Waals surface area contributed by atoms with Crippen LogP contribution >= 0.6 is 0 Å². The number of hydrogen-bond acceptors (Lipinski definition) is 1. The molecule has 0 aliphatic heterocycles. The normalized spacial score (nSPS) is 27.2. The Hall–Kier alpha value is -2.16. The van der Waals surface area contributed by atoms with E-state index in [1.165, 1.54) is 32.1 Å². The molecule has 2 nitrogen and oxygen atoms in total. The summed E-state index contributed by atoms with van der Waals surface area (Å²) < 4.78 is 15.6. The maximum Gasteiger partial charge on any atom is 0.336 e. The summed E-state index contributed by atoms with van der Waals surface area (Å²) in [4.78, 5) is 11.7. The van der Waals surface area contributed by atoms with Crippen molar-refractivity contribution in [3.05, 3.63) is 59.4 Å². The fraction of sp³-hybridized carbons (Fsp3) is 0.480. The first-order chi connectivity index (χ1) is 13.6. The molecule has 28 heavy (non-hydrogen) atoms. The lowest BCUT2D eigenvalue weighted by Gasteiger charge is -2.42. The molecule has 0 amide bonds. The van der Waals surface area contributed by atoms with Crippen molar-refractivity contribution in [1.29, 1.82) is 0 Å². The number of hydrogen-bond donors (Lipinski definition) is 1. The molecule has 1 N–H and O–H groups in total. The minimum Gasteiger partial charge on any atom is -0.478 e. The van der Waals surface area contributed by atoms with Crippen LogP contribution in [0.4, 0.5) is 4.39 Å². The Labute approximate surface area is 166 Å². The fourth-order valence-electron chi connectivity index (χ4n) is 5.61. The van der Waals surface area contributed by atoms with Gasteiger partial charge >= 0.3 is 5.97 Å². The summed E-state index contributed by atoms with van der Waals surface area (Å²) in [6.45, 7) is 2.29. The second-order valence-electron chi connectivity index (χ2n) is 8.68. The Bertz CT molecular complexity index is 845. The Morgan fingerprint density at radius 1 is 1.00 bits per heavy atom. The number of halogens is 1. The third-order valence-electron chi connectivity index (χ3n) is 7.20. The van der Waals surface area contributed by atoms with E-state index in [1.807, 2.05) is 18.2 Å². The number of carbonyl (C=O) groups is 1. The van der Waals surface area contributed by atoms with Gasteiger partial charge in [0.25, 0.3) is 0 Å². The minimum atomic E-state index is -1.08. The van der Waals surface area contributed by atoms with E-state index in [2.05, 4.69) is 6.92 Å². The number of benzene rings is 2. The molecule has 2 aliphatic carbocycles. The van der Waals surface area contributed by atoms with Gasteiger partial charge in [-0.05, 0) is 73.0 Å². The molecular formula is C25H29FO2. The fourth-order valence-corrected chi connectivity index (χ4v) is 5.61. The van der Waals surface area contributed by atoms with Gasteiger partial charge in [-0.25, -0.2) is 9.18 Å². The number of carboxylic acid groups (broad SMARTS) is 1. The summed E-state index contributed by atoms with van der Waals surface area (Å²) >= 11 is 0. The van der Waals surface area contributed by atoms with Crippen LogP contribution in [0.3, 0.4) is 0 Å². The zero-order valence-corrected chi connectivity index (χ0v) is 16.5. The van der Waals surface area contributed by atoms with E-state index in [4.69, 9.17) is 0 Å². The molecule has 148 valence electrons. The molecule has 0 spiro atoms. The molecule has 4 unspecified atom stereocenters. The molecule has 3 heteroatoms. The topological polar surface area (TPSA) is 37.3 Å². The van der Waals surface area contributed by atoms with Gasteiger partial charge in [0.05, 0.1) is 5.56 Å². The average Bonchev–Trinajstić information content (AvgIpc) is 2.73. The maximum absolute atomic E-state index is 15.6. The van der Waals surface area contributed by atoms with Crippen LogP contribution in [-0.2, 0) is 0 Å². The van der Waals surface area contributed by atoms with Crippen LogP contribution in [-0.4, -0.2) is 11.1 Å². The third-order valence-corrected chi connectivity index (χ3v) is 7.20. The zero-order valence-electron chi connectivity index (χ0n) is 16.5. The van der Waals surface area contributed by atoms with Gasteiger partial charge in [0.15, 0.2) is 0 Å². The van der Waals surface area contributed by atoms with E-state index in [9.17, 15) is 9.90 Å². The van der Waals surface area contributed by atoms with E-state index >= 15 is 4.39 Å². The first-order valence-corrected chi connectivity index (χ1v) is 10.7. The Kier molecular flexibility index (Phi) is 5.52. The van der Waals surface area contributed by atoms with Gasteiger partial charge in [0, 0.05) is 5.56 Å². The average molecular weight is 381 g/mol. The van der Waals surface area contributed by atoms with E-state index in [1.54, 1.807) is 24.3 Å². The molecule has 0 bridgehead atoms. The first kappa shape index (κ1) is 19.2. The van der Waals surface area contributed by atoms with Crippen LogP contribution in [0.15, 0.2) is 42.5 Å². The van der Waals surface area contributed by atoms with E-state index < -0.39 is 5.97 Å². The minimum absolute atomic E-state index is 0.0459. The van der Waals surface area contributed by atoms with Crippen molar-refractivity contribution < 1.29 is 14.3 Å². The standard InChI is InChI=1S/C25H29FO2/c1-2-16-8-9-19-15-20(11-10-18(19)14-16)21-12-13-22(25(27)28)23(24(21)26)17-6-4-3-5-7-17/h3-7,12-13,16,18-20H,2,8-11,14-15H2,1H3,(H,27,28). The van der Waals surface area contributed by atoms with Crippen LogP contribution in [0.2, 0.25) is 0 Å². The zero-order chi connectivity index (χ0) is 19.7. The summed E-state index contributed by atoms with van der Waals surface area (Å²) in [5, 5.41) is 9.59. The molecule has 0 radical (unpaired) electrons. The van der Waals surface area contributed by atoms with Crippen molar-refractivity contribution in [3.63, 3.8) is 0 Å². The second kappa shape index (κ2) is 8.06. The van der Waals surface area contributed by atoms with Crippen molar-refractivity contribution >= 4 is 5.97 Å². The number of rotatable bonds is 4. The van der Waals surface area contributed by atoms with Crippen LogP contribution in [0.1, 0.15) is 73.7 Å². The Balaban J connectivity index is 1.65. The highest BCUT2D eigenvalue weighted by Crippen LogP contribution is 2.49. The molecule has 0 heterocycles. The van der Waals surface area contributed by atoms with Gasteiger partial charge in [-0.15, -0.1) is 0 Å². The quantitative estimate of drug-likeness (QED) is 0.626. The molecule has 0 saturated heterocycles. The number of aromatic carboxylic acids is 1. The van der Waals surface area contributed by atoms with Crippen LogP contribution in [0.25, 0.3) is 11.1 Å². The predicted molar refractivity (Wildman–Crippen MR) is 110 cm³/mol. The van der Waals surface area contributed by atoms with Gasteiger partial charge in [-0.2, -0.15) is 0 Å².